The van der Waals surface area contributed by atoms with Crippen LogP contribution in [0.1, 0.15) is 25.5 Å². The molecule has 4 nitrogen and oxygen atoms in total. The number of rotatable bonds is 6. The quantitative estimate of drug-likeness (QED) is 0.873. The molecule has 0 radical (unpaired) electrons. The normalized spacial score (nSPS) is 18.4. The van der Waals surface area contributed by atoms with Gasteiger partial charge < -0.3 is 15.5 Å². The fraction of sp³-hybridized carbons (Fsp3) is 0.533. The van der Waals surface area contributed by atoms with Gasteiger partial charge in [0, 0.05) is 23.1 Å². The van der Waals surface area contributed by atoms with Gasteiger partial charge in [-0.2, -0.15) is 0 Å². The van der Waals surface area contributed by atoms with Gasteiger partial charge in [-0.15, -0.1) is 0 Å². The van der Waals surface area contributed by atoms with Gasteiger partial charge >= 0.3 is 0 Å². The largest absolute Gasteiger partial charge is 0.370 e. The van der Waals surface area contributed by atoms with E-state index in [-0.39, 0.29) is 6.04 Å². The third-order valence-electron chi connectivity index (χ3n) is 3.92. The SMILES string of the molecule is CCN(CC)CCN1C(N)=NCC1c1cc(Cl)cc(Cl)c1. The second-order valence-corrected chi connectivity index (χ2v) is 6.01. The van der Waals surface area contributed by atoms with Crippen molar-refractivity contribution < 1.29 is 0 Å². The van der Waals surface area contributed by atoms with Crippen LogP contribution in [-0.4, -0.2) is 48.5 Å². The fourth-order valence-electron chi connectivity index (χ4n) is 2.64. The number of nitrogens with two attached hydrogens (primary N) is 1. The number of likely N-dealkylation sites (N-methyl/N-ethyl adjacent to an activating group) is 1. The van der Waals surface area contributed by atoms with Gasteiger partial charge in [0.25, 0.3) is 0 Å². The molecule has 1 aromatic carbocycles. The maximum Gasteiger partial charge on any atom is 0.191 e. The molecule has 0 spiro atoms. The minimum Gasteiger partial charge on any atom is -0.370 e. The van der Waals surface area contributed by atoms with E-state index in [4.69, 9.17) is 28.9 Å². The van der Waals surface area contributed by atoms with E-state index >= 15 is 0 Å². The lowest BCUT2D eigenvalue weighted by atomic mass is 10.1. The third kappa shape index (κ3) is 4.02. The van der Waals surface area contributed by atoms with Crippen molar-refractivity contribution in [2.24, 2.45) is 10.7 Å². The Morgan fingerprint density at radius 3 is 2.43 bits per heavy atom. The van der Waals surface area contributed by atoms with Gasteiger partial charge in [-0.05, 0) is 36.9 Å². The maximum atomic E-state index is 6.11. The first-order chi connectivity index (χ1) is 10.0. The maximum absolute atomic E-state index is 6.11. The fourth-order valence-corrected chi connectivity index (χ4v) is 3.18. The molecule has 0 saturated heterocycles. The lowest BCUT2D eigenvalue weighted by Crippen LogP contribution is -2.41. The summed E-state index contributed by atoms with van der Waals surface area (Å²) in [6.07, 6.45) is 0. The van der Waals surface area contributed by atoms with Gasteiger partial charge in [0.1, 0.15) is 0 Å². The summed E-state index contributed by atoms with van der Waals surface area (Å²) >= 11 is 12.2. The zero-order valence-corrected chi connectivity index (χ0v) is 14.0. The summed E-state index contributed by atoms with van der Waals surface area (Å²) in [6, 6.07) is 5.75. The van der Waals surface area contributed by atoms with Gasteiger partial charge in [0.05, 0.1) is 12.6 Å². The predicted molar refractivity (Wildman–Crippen MR) is 90.2 cm³/mol. The molecule has 0 aliphatic carbocycles. The molecule has 116 valence electrons. The second kappa shape index (κ2) is 7.34. The first kappa shape index (κ1) is 16.4. The van der Waals surface area contributed by atoms with Crippen LogP contribution in [0.25, 0.3) is 0 Å². The van der Waals surface area contributed by atoms with Gasteiger partial charge in [-0.25, -0.2) is 0 Å². The molecule has 2 rings (SSSR count). The minimum absolute atomic E-state index is 0.122. The van der Waals surface area contributed by atoms with E-state index in [1.165, 1.54) is 0 Å². The van der Waals surface area contributed by atoms with Crippen LogP contribution in [0.2, 0.25) is 10.0 Å². The average Bonchev–Trinajstić information content (AvgIpc) is 2.80. The Bertz CT molecular complexity index is 494. The van der Waals surface area contributed by atoms with E-state index in [0.29, 0.717) is 22.5 Å². The van der Waals surface area contributed by atoms with E-state index < -0.39 is 0 Å². The molecule has 1 aromatic rings. The topological polar surface area (TPSA) is 44.9 Å². The Balaban J connectivity index is 2.12. The Kier molecular flexibility index (Phi) is 5.73. The summed E-state index contributed by atoms with van der Waals surface area (Å²) < 4.78 is 0. The Labute approximate surface area is 136 Å². The van der Waals surface area contributed by atoms with Gasteiger partial charge in [-0.1, -0.05) is 37.0 Å². The van der Waals surface area contributed by atoms with Crippen molar-refractivity contribution in [2.75, 3.05) is 32.7 Å². The summed E-state index contributed by atoms with van der Waals surface area (Å²) in [4.78, 5) is 8.89. The van der Waals surface area contributed by atoms with Crippen molar-refractivity contribution in [1.82, 2.24) is 9.80 Å². The van der Waals surface area contributed by atoms with E-state index in [1.807, 2.05) is 12.1 Å². The van der Waals surface area contributed by atoms with Gasteiger partial charge in [0.15, 0.2) is 5.96 Å². The smallest absolute Gasteiger partial charge is 0.191 e. The molecular formula is C15H22Cl2N4. The van der Waals surface area contributed by atoms with E-state index in [0.717, 1.165) is 31.7 Å². The molecule has 0 amide bonds. The Morgan fingerprint density at radius 1 is 1.24 bits per heavy atom. The first-order valence-electron chi connectivity index (χ1n) is 7.30. The standard InChI is InChI=1S/C15H22Cl2N4/c1-3-20(4-2)5-6-21-14(10-19-15(21)18)11-7-12(16)9-13(17)8-11/h7-9,14H,3-6,10H2,1-2H3,(H2,18,19). The number of benzene rings is 1. The number of nitrogens with zero attached hydrogens (tertiary/aromatic N) is 3. The van der Waals surface area contributed by atoms with Crippen LogP contribution >= 0.6 is 23.2 Å². The van der Waals surface area contributed by atoms with Crippen LogP contribution in [0.5, 0.6) is 0 Å². The van der Waals surface area contributed by atoms with E-state index in [9.17, 15) is 0 Å². The monoisotopic (exact) mass is 328 g/mol. The van der Waals surface area contributed by atoms with Crippen LogP contribution < -0.4 is 5.73 Å². The van der Waals surface area contributed by atoms with Crippen molar-refractivity contribution in [3.8, 4) is 0 Å². The lowest BCUT2D eigenvalue weighted by molar-refractivity contribution is 0.248. The van der Waals surface area contributed by atoms with Crippen molar-refractivity contribution in [1.29, 1.82) is 0 Å². The van der Waals surface area contributed by atoms with Crippen molar-refractivity contribution in [3.05, 3.63) is 33.8 Å². The number of guanidine groups is 1. The minimum atomic E-state index is 0.122. The molecule has 21 heavy (non-hydrogen) atoms. The molecule has 1 aliphatic rings. The first-order valence-corrected chi connectivity index (χ1v) is 8.05. The highest BCUT2D eigenvalue weighted by Gasteiger charge is 2.27. The van der Waals surface area contributed by atoms with Crippen LogP contribution in [0.4, 0.5) is 0 Å². The summed E-state index contributed by atoms with van der Waals surface area (Å²) in [5, 5.41) is 1.29. The highest BCUT2D eigenvalue weighted by molar-refractivity contribution is 6.34. The van der Waals surface area contributed by atoms with E-state index in [2.05, 4.69) is 28.6 Å². The predicted octanol–water partition coefficient (Wildman–Crippen LogP) is 3.01. The molecule has 2 N–H and O–H groups in total. The second-order valence-electron chi connectivity index (χ2n) is 5.14. The molecule has 6 heteroatoms. The summed E-state index contributed by atoms with van der Waals surface area (Å²) in [5.74, 6) is 0.600. The average molecular weight is 329 g/mol. The number of aliphatic imine (C=N–C) groups is 1. The van der Waals surface area contributed by atoms with Crippen LogP contribution in [0.3, 0.4) is 0 Å². The van der Waals surface area contributed by atoms with Crippen LogP contribution in [-0.2, 0) is 0 Å². The molecule has 0 fully saturated rings. The third-order valence-corrected chi connectivity index (χ3v) is 4.35. The van der Waals surface area contributed by atoms with Gasteiger partial charge in [-0.3, -0.25) is 4.99 Å². The molecule has 0 saturated carbocycles. The number of hydrogen-bond donors (Lipinski definition) is 1. The number of hydrogen-bond acceptors (Lipinski definition) is 4. The van der Waals surface area contributed by atoms with Crippen molar-refractivity contribution in [2.45, 2.75) is 19.9 Å². The zero-order valence-electron chi connectivity index (χ0n) is 12.5. The van der Waals surface area contributed by atoms with E-state index in [1.54, 1.807) is 6.07 Å². The molecule has 1 aliphatic heterocycles. The molecule has 0 bridgehead atoms. The molecule has 1 heterocycles. The lowest BCUT2D eigenvalue weighted by Gasteiger charge is -2.29. The highest BCUT2D eigenvalue weighted by Crippen LogP contribution is 2.29. The molecule has 0 aromatic heterocycles. The van der Waals surface area contributed by atoms with Gasteiger partial charge in [0.2, 0.25) is 0 Å². The molecular weight excluding hydrogens is 307 g/mol. The van der Waals surface area contributed by atoms with Crippen molar-refractivity contribution >= 4 is 29.2 Å². The number of halogens is 2. The van der Waals surface area contributed by atoms with Crippen molar-refractivity contribution in [3.63, 3.8) is 0 Å². The summed E-state index contributed by atoms with van der Waals surface area (Å²) in [6.45, 7) is 8.88. The zero-order chi connectivity index (χ0) is 15.4. The van der Waals surface area contributed by atoms with Crippen LogP contribution in [0.15, 0.2) is 23.2 Å². The molecule has 1 unspecified atom stereocenters. The highest BCUT2D eigenvalue weighted by atomic mass is 35.5. The summed E-state index contributed by atoms with van der Waals surface area (Å²) in [7, 11) is 0. The Morgan fingerprint density at radius 2 is 1.86 bits per heavy atom. The summed E-state index contributed by atoms with van der Waals surface area (Å²) in [5.41, 5.74) is 7.11. The molecule has 1 atom stereocenters. The van der Waals surface area contributed by atoms with Crippen LogP contribution in [0, 0.1) is 0 Å². The Hall–Kier alpha value is -0.970.